The van der Waals surface area contributed by atoms with Crippen LogP contribution in [0.5, 0.6) is 0 Å². The van der Waals surface area contributed by atoms with Crippen LogP contribution in [0.1, 0.15) is 65.0 Å². The summed E-state index contributed by atoms with van der Waals surface area (Å²) >= 11 is 0. The molecule has 5 rings (SSSR count). The highest BCUT2D eigenvalue weighted by Gasteiger charge is 2.29. The summed E-state index contributed by atoms with van der Waals surface area (Å²) in [5.41, 5.74) is 3.90. The van der Waals surface area contributed by atoms with Crippen molar-refractivity contribution < 1.29 is 28.7 Å². The zero-order valence-electron chi connectivity index (χ0n) is 28.2. The maximum atomic E-state index is 13.1. The molecule has 4 aromatic rings. The molecule has 2 aromatic carbocycles. The minimum atomic E-state index is -0.669. The maximum absolute atomic E-state index is 13.1. The molecule has 13 nitrogen and oxygen atoms in total. The van der Waals surface area contributed by atoms with Gasteiger partial charge in [0.1, 0.15) is 24.5 Å². The van der Waals surface area contributed by atoms with E-state index in [0.29, 0.717) is 25.9 Å². The van der Waals surface area contributed by atoms with E-state index in [2.05, 4.69) is 27.9 Å². The van der Waals surface area contributed by atoms with Crippen LogP contribution in [0.3, 0.4) is 0 Å². The van der Waals surface area contributed by atoms with Crippen LogP contribution >= 0.6 is 0 Å². The molecule has 0 radical (unpaired) electrons. The number of carbonyl (C=O) groups excluding carboxylic acids is 5. The van der Waals surface area contributed by atoms with E-state index in [4.69, 9.17) is 9.84 Å². The number of ether oxygens (including phenoxy) is 1. The fourth-order valence-corrected chi connectivity index (χ4v) is 6.04. The molecule has 0 unspecified atom stereocenters. The number of rotatable bonds is 11. The highest BCUT2D eigenvalue weighted by atomic mass is 16.6. The molecule has 3 heterocycles. The molecule has 2 N–H and O–H groups in total. The van der Waals surface area contributed by atoms with E-state index in [0.717, 1.165) is 38.6 Å². The van der Waals surface area contributed by atoms with Crippen LogP contribution in [0.4, 0.5) is 0 Å². The molecule has 13 heteroatoms. The van der Waals surface area contributed by atoms with Gasteiger partial charge < -0.3 is 25.1 Å². The second-order valence-electron chi connectivity index (χ2n) is 13.3. The van der Waals surface area contributed by atoms with Crippen molar-refractivity contribution in [3.8, 4) is 11.1 Å². The number of aromatic nitrogens is 4. The largest absolute Gasteiger partial charge is 0.459 e. The van der Waals surface area contributed by atoms with E-state index in [9.17, 15) is 24.0 Å². The summed E-state index contributed by atoms with van der Waals surface area (Å²) in [5.74, 6) is -1.48. The first-order chi connectivity index (χ1) is 22.8. The van der Waals surface area contributed by atoms with E-state index >= 15 is 0 Å². The Balaban J connectivity index is 1.37. The second kappa shape index (κ2) is 14.4. The highest BCUT2D eigenvalue weighted by molar-refractivity contribution is 6.00. The Morgan fingerprint density at radius 2 is 1.67 bits per heavy atom. The Kier molecular flexibility index (Phi) is 10.3. The summed E-state index contributed by atoms with van der Waals surface area (Å²) in [5, 5.41) is 16.4. The fraction of sp³-hybridized carbons (Fsp3) is 0.457. The van der Waals surface area contributed by atoms with Crippen LogP contribution < -0.4 is 10.6 Å². The van der Waals surface area contributed by atoms with Gasteiger partial charge >= 0.3 is 5.97 Å². The van der Waals surface area contributed by atoms with Gasteiger partial charge in [-0.1, -0.05) is 24.3 Å². The zero-order chi connectivity index (χ0) is 34.6. The molecular weight excluding hydrogens is 614 g/mol. The highest BCUT2D eigenvalue weighted by Crippen LogP contribution is 2.39. The molecule has 1 aliphatic rings. The van der Waals surface area contributed by atoms with Gasteiger partial charge in [-0.15, -0.1) is 0 Å². The number of esters is 1. The third-order valence-electron chi connectivity index (χ3n) is 8.38. The number of piperidine rings is 1. The Bertz CT molecular complexity index is 1860. The lowest BCUT2D eigenvalue weighted by Crippen LogP contribution is -2.41. The summed E-state index contributed by atoms with van der Waals surface area (Å²) < 4.78 is 8.69. The van der Waals surface area contributed by atoms with Crippen molar-refractivity contribution in [2.24, 2.45) is 7.05 Å². The quantitative estimate of drug-likeness (QED) is 0.233. The van der Waals surface area contributed by atoms with Crippen molar-refractivity contribution >= 4 is 51.3 Å². The number of nitrogens with zero attached hydrogens (tertiary/aromatic N) is 5. The average Bonchev–Trinajstić information content (AvgIpc) is 3.60. The molecule has 1 saturated heterocycles. The summed E-state index contributed by atoms with van der Waals surface area (Å²) in [7, 11) is 1.90. The predicted octanol–water partition coefficient (Wildman–Crippen LogP) is 3.24. The summed E-state index contributed by atoms with van der Waals surface area (Å²) in [6.07, 6.45) is 3.66. The molecule has 254 valence electrons. The van der Waals surface area contributed by atoms with Crippen molar-refractivity contribution in [2.75, 3.05) is 26.2 Å². The van der Waals surface area contributed by atoms with Crippen molar-refractivity contribution in [1.82, 2.24) is 35.1 Å². The van der Waals surface area contributed by atoms with E-state index in [1.54, 1.807) is 25.5 Å². The zero-order valence-corrected chi connectivity index (χ0v) is 28.2. The van der Waals surface area contributed by atoms with Crippen LogP contribution in [0, 0.1) is 0 Å². The van der Waals surface area contributed by atoms with Crippen LogP contribution in [-0.4, -0.2) is 85.7 Å². The Morgan fingerprint density at radius 1 is 0.938 bits per heavy atom. The lowest BCUT2D eigenvalue weighted by molar-refractivity contribution is -0.154. The molecule has 48 heavy (non-hydrogen) atoms. The molecule has 0 saturated carbocycles. The minimum Gasteiger partial charge on any atom is -0.459 e. The van der Waals surface area contributed by atoms with Crippen molar-refractivity contribution in [1.29, 1.82) is 0 Å². The number of Topliss-reactive ketones (excluding diaryl/α,β-unsaturated/α-hetero) is 1. The van der Waals surface area contributed by atoms with Crippen LogP contribution in [0.15, 0.2) is 42.6 Å². The number of ketones is 1. The van der Waals surface area contributed by atoms with E-state index in [1.807, 2.05) is 47.1 Å². The predicted molar refractivity (Wildman–Crippen MR) is 180 cm³/mol. The summed E-state index contributed by atoms with van der Waals surface area (Å²) in [6.45, 7) is 7.09. The number of likely N-dealkylation sites (tertiary alicyclic amines) is 1. The summed E-state index contributed by atoms with van der Waals surface area (Å²) in [6, 6.07) is 12.1. The number of nitrogens with one attached hydrogen (secondary N) is 2. The van der Waals surface area contributed by atoms with Gasteiger partial charge in [0.05, 0.1) is 29.5 Å². The van der Waals surface area contributed by atoms with Gasteiger partial charge in [0.2, 0.25) is 17.7 Å². The van der Waals surface area contributed by atoms with Gasteiger partial charge in [-0.25, -0.2) is 0 Å². The molecule has 0 aliphatic carbocycles. The first-order valence-corrected chi connectivity index (χ1v) is 16.2. The topological polar surface area (TPSA) is 158 Å². The van der Waals surface area contributed by atoms with Gasteiger partial charge in [0.15, 0.2) is 0 Å². The van der Waals surface area contributed by atoms with Gasteiger partial charge in [-0.2, -0.15) is 10.2 Å². The Labute approximate surface area is 279 Å². The van der Waals surface area contributed by atoms with Crippen LogP contribution in [-0.2, 0) is 42.3 Å². The molecule has 0 bridgehead atoms. The van der Waals surface area contributed by atoms with E-state index in [1.165, 1.54) is 6.92 Å². The van der Waals surface area contributed by atoms with Gasteiger partial charge in [0.25, 0.3) is 0 Å². The molecule has 0 atom stereocenters. The van der Waals surface area contributed by atoms with Crippen molar-refractivity contribution in [2.45, 2.75) is 71.4 Å². The number of amides is 3. The van der Waals surface area contributed by atoms with Crippen LogP contribution in [0.25, 0.3) is 32.9 Å². The number of hydrogen-bond acceptors (Lipinski definition) is 8. The van der Waals surface area contributed by atoms with Crippen molar-refractivity contribution in [3.05, 3.63) is 48.3 Å². The molecule has 3 amide bonds. The lowest BCUT2D eigenvalue weighted by Gasteiger charge is -2.31. The second-order valence-corrected chi connectivity index (χ2v) is 13.3. The first-order valence-electron chi connectivity index (χ1n) is 16.2. The SMILES string of the molecule is CC(=O)CCC(=O)N1CCC(c2nn(CC(=O)NCC(=O)NCC(=O)OC(C)(C)C)c3cccc(-c4ccc5cnn(C)c5c4)c23)CC1. The number of benzene rings is 2. The molecule has 2 aromatic heterocycles. The molecule has 1 fully saturated rings. The number of fused-ring (bicyclic) bond motifs is 2. The van der Waals surface area contributed by atoms with Crippen molar-refractivity contribution in [3.63, 3.8) is 0 Å². The molecule has 1 aliphatic heterocycles. The number of hydrogen-bond donors (Lipinski definition) is 2. The number of carbonyl (C=O) groups is 5. The van der Waals surface area contributed by atoms with Gasteiger partial charge in [-0.3, -0.25) is 28.5 Å². The smallest absolute Gasteiger partial charge is 0.325 e. The number of aryl methyl sites for hydroxylation is 1. The monoisotopic (exact) mass is 657 g/mol. The van der Waals surface area contributed by atoms with E-state index in [-0.39, 0.29) is 50.1 Å². The van der Waals surface area contributed by atoms with Gasteiger partial charge in [-0.05, 0) is 63.8 Å². The molecular formula is C35H43N7O6. The van der Waals surface area contributed by atoms with E-state index < -0.39 is 23.4 Å². The normalized spacial score (nSPS) is 13.9. The fourth-order valence-electron chi connectivity index (χ4n) is 6.04. The Hall–Kier alpha value is -5.07. The molecule has 0 spiro atoms. The average molecular weight is 658 g/mol. The lowest BCUT2D eigenvalue weighted by atomic mass is 9.89. The van der Waals surface area contributed by atoms with Crippen LogP contribution in [0.2, 0.25) is 0 Å². The van der Waals surface area contributed by atoms with Gasteiger partial charge in [0, 0.05) is 49.7 Å². The maximum Gasteiger partial charge on any atom is 0.325 e. The first kappa shape index (κ1) is 34.3. The Morgan fingerprint density at radius 3 is 2.38 bits per heavy atom. The standard InChI is InChI=1S/C35H43N7O6/c1-22(43)9-12-31(46)41-15-13-23(14-16-41)34-33-26(24-10-11-25-18-38-40(5)28(25)17-24)7-6-8-27(33)42(39-34)21-30(45)36-19-29(44)37-20-32(47)48-35(2,3)4/h6-8,10-11,17-18,23H,9,12-16,19-21H2,1-5H3,(H,36,45)(H,37,44). The third kappa shape index (κ3) is 8.25. The third-order valence-corrected chi connectivity index (χ3v) is 8.38. The summed E-state index contributed by atoms with van der Waals surface area (Å²) in [4.78, 5) is 63.3. The minimum absolute atomic E-state index is 0.00227.